The summed E-state index contributed by atoms with van der Waals surface area (Å²) in [5, 5.41) is 5.06. The molecule has 0 amide bonds. The van der Waals surface area contributed by atoms with Crippen LogP contribution in [0.5, 0.6) is 0 Å². The van der Waals surface area contributed by atoms with Gasteiger partial charge in [0.05, 0.1) is 16.7 Å². The summed E-state index contributed by atoms with van der Waals surface area (Å²) in [6.45, 7) is 0. The Balaban J connectivity index is 1.15. The number of anilines is 3. The Labute approximate surface area is 315 Å². The van der Waals surface area contributed by atoms with Gasteiger partial charge in [-0.3, -0.25) is 0 Å². The van der Waals surface area contributed by atoms with Gasteiger partial charge in [-0.05, 0) is 93.2 Å². The number of hydrogen-bond acceptors (Lipinski definition) is 1. The zero-order valence-electron chi connectivity index (χ0n) is 29.7. The van der Waals surface area contributed by atoms with Crippen molar-refractivity contribution in [1.82, 2.24) is 4.57 Å². The molecule has 0 aliphatic rings. The van der Waals surface area contributed by atoms with E-state index in [0.29, 0.717) is 0 Å². The Hall–Kier alpha value is -7.16. The van der Waals surface area contributed by atoms with Crippen LogP contribution in [0.15, 0.2) is 218 Å². The molecular formula is C52H36N2. The summed E-state index contributed by atoms with van der Waals surface area (Å²) >= 11 is 0. The number of nitrogens with zero attached hydrogens (tertiary/aromatic N) is 2. The average molecular weight is 689 g/mol. The number of aromatic nitrogens is 1. The highest BCUT2D eigenvalue weighted by Crippen LogP contribution is 2.44. The first-order valence-corrected chi connectivity index (χ1v) is 18.5. The van der Waals surface area contributed by atoms with Crippen LogP contribution in [0.25, 0.3) is 71.6 Å². The van der Waals surface area contributed by atoms with Crippen molar-refractivity contribution in [2.45, 2.75) is 0 Å². The van der Waals surface area contributed by atoms with E-state index >= 15 is 0 Å². The smallest absolute Gasteiger partial charge is 0.0553 e. The molecule has 0 radical (unpaired) electrons. The molecule has 54 heavy (non-hydrogen) atoms. The highest BCUT2D eigenvalue weighted by atomic mass is 15.1. The number of benzene rings is 9. The SMILES string of the molecule is c1ccc(-c2ccc(N(c3ccc(-c4cc5c(c6ccccc46)c4ccccc4n5-c4ccccc4)cc3)c3ccccc3-c3ccccc3)cc2)cc1. The maximum absolute atomic E-state index is 2.41. The molecule has 2 heteroatoms. The van der Waals surface area contributed by atoms with Gasteiger partial charge in [0, 0.05) is 33.4 Å². The van der Waals surface area contributed by atoms with Crippen LogP contribution in [0, 0.1) is 0 Å². The van der Waals surface area contributed by atoms with Gasteiger partial charge in [-0.1, -0.05) is 164 Å². The molecule has 0 fully saturated rings. The van der Waals surface area contributed by atoms with Crippen molar-refractivity contribution in [1.29, 1.82) is 0 Å². The molecule has 9 aromatic carbocycles. The van der Waals surface area contributed by atoms with Crippen molar-refractivity contribution in [3.05, 3.63) is 218 Å². The second-order valence-corrected chi connectivity index (χ2v) is 13.7. The van der Waals surface area contributed by atoms with E-state index in [1.807, 2.05) is 0 Å². The third kappa shape index (κ3) is 5.44. The van der Waals surface area contributed by atoms with Gasteiger partial charge in [-0.25, -0.2) is 0 Å². The average Bonchev–Trinajstić information content (AvgIpc) is 3.60. The maximum atomic E-state index is 2.41. The van der Waals surface area contributed by atoms with Gasteiger partial charge in [0.2, 0.25) is 0 Å². The Bertz CT molecular complexity index is 2890. The van der Waals surface area contributed by atoms with Gasteiger partial charge >= 0.3 is 0 Å². The number of rotatable bonds is 7. The molecule has 10 rings (SSSR count). The zero-order chi connectivity index (χ0) is 35.8. The van der Waals surface area contributed by atoms with Gasteiger partial charge in [-0.2, -0.15) is 0 Å². The summed E-state index contributed by atoms with van der Waals surface area (Å²) in [4.78, 5) is 2.38. The van der Waals surface area contributed by atoms with Crippen molar-refractivity contribution < 1.29 is 0 Å². The van der Waals surface area contributed by atoms with Gasteiger partial charge in [0.15, 0.2) is 0 Å². The predicted molar refractivity (Wildman–Crippen MR) is 229 cm³/mol. The van der Waals surface area contributed by atoms with Crippen LogP contribution in [-0.2, 0) is 0 Å². The van der Waals surface area contributed by atoms with Crippen LogP contribution in [0.3, 0.4) is 0 Å². The molecule has 0 N–H and O–H groups in total. The zero-order valence-corrected chi connectivity index (χ0v) is 29.7. The van der Waals surface area contributed by atoms with E-state index in [1.54, 1.807) is 0 Å². The van der Waals surface area contributed by atoms with Crippen molar-refractivity contribution >= 4 is 49.6 Å². The van der Waals surface area contributed by atoms with E-state index in [2.05, 4.69) is 228 Å². The fraction of sp³-hybridized carbons (Fsp3) is 0. The largest absolute Gasteiger partial charge is 0.310 e. The number of fused-ring (bicyclic) bond motifs is 5. The number of para-hydroxylation sites is 3. The van der Waals surface area contributed by atoms with E-state index in [0.717, 1.165) is 22.7 Å². The highest BCUT2D eigenvalue weighted by molar-refractivity contribution is 6.24. The standard InChI is InChI=1S/C52H36N2/c1-4-16-37(17-5-1)38-28-32-42(33-29-38)53(49-26-14-12-22-44(49)39-18-6-2-7-19-39)43-34-30-40(31-35-43)48-36-51-52(46-24-11-10-23-45(46)48)47-25-13-15-27-50(47)54(51)41-20-8-3-9-21-41/h1-36H. The Kier molecular flexibility index (Phi) is 7.85. The lowest BCUT2D eigenvalue weighted by atomic mass is 9.94. The normalized spacial score (nSPS) is 11.3. The molecule has 2 nitrogen and oxygen atoms in total. The Morgan fingerprint density at radius 1 is 0.315 bits per heavy atom. The molecule has 0 aliphatic heterocycles. The summed E-state index contributed by atoms with van der Waals surface area (Å²) < 4.78 is 2.41. The van der Waals surface area contributed by atoms with Gasteiger partial charge in [0.25, 0.3) is 0 Å². The molecule has 0 atom stereocenters. The first kappa shape index (κ1) is 31.6. The van der Waals surface area contributed by atoms with E-state index in [9.17, 15) is 0 Å². The minimum Gasteiger partial charge on any atom is -0.310 e. The molecule has 1 aromatic heterocycles. The van der Waals surface area contributed by atoms with Crippen LogP contribution in [-0.4, -0.2) is 4.57 Å². The van der Waals surface area contributed by atoms with E-state index in [1.165, 1.54) is 66.0 Å². The Morgan fingerprint density at radius 3 is 1.48 bits per heavy atom. The molecule has 0 aliphatic carbocycles. The number of hydrogen-bond donors (Lipinski definition) is 0. The van der Waals surface area contributed by atoms with Crippen molar-refractivity contribution in [2.24, 2.45) is 0 Å². The van der Waals surface area contributed by atoms with Crippen molar-refractivity contribution in [3.63, 3.8) is 0 Å². The van der Waals surface area contributed by atoms with Crippen LogP contribution in [0.1, 0.15) is 0 Å². The lowest BCUT2D eigenvalue weighted by Crippen LogP contribution is -2.11. The summed E-state index contributed by atoms with van der Waals surface area (Å²) in [6.07, 6.45) is 0. The van der Waals surface area contributed by atoms with Crippen molar-refractivity contribution in [2.75, 3.05) is 4.90 Å². The molecule has 10 aromatic rings. The maximum Gasteiger partial charge on any atom is 0.0553 e. The van der Waals surface area contributed by atoms with E-state index in [4.69, 9.17) is 0 Å². The minimum absolute atomic E-state index is 1.10. The highest BCUT2D eigenvalue weighted by Gasteiger charge is 2.20. The first-order chi connectivity index (χ1) is 26.8. The molecule has 0 saturated carbocycles. The van der Waals surface area contributed by atoms with Crippen molar-refractivity contribution in [3.8, 4) is 39.1 Å². The van der Waals surface area contributed by atoms with E-state index < -0.39 is 0 Å². The van der Waals surface area contributed by atoms with Crippen LogP contribution < -0.4 is 4.90 Å². The fourth-order valence-electron chi connectivity index (χ4n) is 8.11. The molecule has 0 bridgehead atoms. The van der Waals surface area contributed by atoms with Gasteiger partial charge < -0.3 is 9.47 Å². The van der Waals surface area contributed by atoms with Crippen LogP contribution in [0.2, 0.25) is 0 Å². The molecule has 1 heterocycles. The molecule has 0 spiro atoms. The monoisotopic (exact) mass is 688 g/mol. The quantitative estimate of drug-likeness (QED) is 0.162. The predicted octanol–water partition coefficient (Wildman–Crippen LogP) is 14.4. The summed E-state index contributed by atoms with van der Waals surface area (Å²) in [7, 11) is 0. The second-order valence-electron chi connectivity index (χ2n) is 13.7. The third-order valence-electron chi connectivity index (χ3n) is 10.6. The molecular weight excluding hydrogens is 653 g/mol. The van der Waals surface area contributed by atoms with E-state index in [-0.39, 0.29) is 0 Å². The third-order valence-corrected chi connectivity index (χ3v) is 10.6. The Morgan fingerprint density at radius 2 is 0.796 bits per heavy atom. The fourth-order valence-corrected chi connectivity index (χ4v) is 8.11. The molecule has 0 unspecified atom stereocenters. The first-order valence-electron chi connectivity index (χ1n) is 18.5. The minimum atomic E-state index is 1.10. The summed E-state index contributed by atoms with van der Waals surface area (Å²) in [5.74, 6) is 0. The van der Waals surface area contributed by atoms with Gasteiger partial charge in [-0.15, -0.1) is 0 Å². The lowest BCUT2D eigenvalue weighted by Gasteiger charge is -2.28. The molecule has 254 valence electrons. The topological polar surface area (TPSA) is 8.17 Å². The molecule has 0 saturated heterocycles. The lowest BCUT2D eigenvalue weighted by molar-refractivity contribution is 1.18. The van der Waals surface area contributed by atoms with Crippen LogP contribution >= 0.6 is 0 Å². The summed E-state index contributed by atoms with van der Waals surface area (Å²) in [6, 6.07) is 78.7. The van der Waals surface area contributed by atoms with Crippen LogP contribution in [0.4, 0.5) is 17.1 Å². The second kappa shape index (κ2) is 13.4. The summed E-state index contributed by atoms with van der Waals surface area (Å²) in [5.41, 5.74) is 14.1. The van der Waals surface area contributed by atoms with Gasteiger partial charge in [0.1, 0.15) is 0 Å².